The molecule has 2 heterocycles. The fourth-order valence-corrected chi connectivity index (χ4v) is 2.18. The van der Waals surface area contributed by atoms with Gasteiger partial charge < -0.3 is 4.57 Å². The quantitative estimate of drug-likeness (QED) is 0.684. The van der Waals surface area contributed by atoms with Gasteiger partial charge >= 0.3 is 0 Å². The maximum atomic E-state index is 5.79. The third-order valence-corrected chi connectivity index (χ3v) is 3.36. The zero-order valence-electron chi connectivity index (χ0n) is 10.6. The molecule has 1 N–H and O–H groups in total. The van der Waals surface area contributed by atoms with Crippen LogP contribution in [0.2, 0.25) is 5.28 Å². The first-order chi connectivity index (χ1) is 9.02. The lowest BCUT2D eigenvalue weighted by atomic mass is 10.3. The van der Waals surface area contributed by atoms with Gasteiger partial charge in [-0.25, -0.2) is 4.98 Å². The van der Waals surface area contributed by atoms with Gasteiger partial charge in [0.1, 0.15) is 5.82 Å². The second-order valence-electron chi connectivity index (χ2n) is 3.92. The molecule has 19 heavy (non-hydrogen) atoms. The van der Waals surface area contributed by atoms with Crippen molar-refractivity contribution in [2.24, 2.45) is 7.05 Å². The lowest BCUT2D eigenvalue weighted by Crippen LogP contribution is -2.28. The van der Waals surface area contributed by atoms with Crippen molar-refractivity contribution in [3.05, 3.63) is 40.4 Å². The zero-order chi connectivity index (χ0) is 14.0. The Hall–Kier alpha value is -1.53. The highest BCUT2D eigenvalue weighted by Crippen LogP contribution is 2.25. The minimum atomic E-state index is 0.190. The molecule has 0 spiro atoms. The summed E-state index contributed by atoms with van der Waals surface area (Å²) in [6.07, 6.45) is 5.37. The van der Waals surface area contributed by atoms with Crippen LogP contribution in [0.25, 0.3) is 6.08 Å². The summed E-state index contributed by atoms with van der Waals surface area (Å²) >= 11 is 9.17. The molecule has 0 fully saturated rings. The van der Waals surface area contributed by atoms with E-state index in [2.05, 4.69) is 37.9 Å². The highest BCUT2D eigenvalue weighted by molar-refractivity contribution is 9.10. The molecule has 100 valence electrons. The predicted molar refractivity (Wildman–Crippen MR) is 82.3 cm³/mol. The predicted octanol–water partition coefficient (Wildman–Crippen LogP) is 3.34. The molecule has 0 radical (unpaired) electrons. The number of hydrazine groups is 1. The van der Waals surface area contributed by atoms with Crippen molar-refractivity contribution in [3.63, 3.8) is 0 Å². The molecule has 2 aromatic rings. The van der Waals surface area contributed by atoms with E-state index < -0.39 is 0 Å². The second kappa shape index (κ2) is 5.63. The van der Waals surface area contributed by atoms with E-state index >= 15 is 0 Å². The number of hydrogen-bond acceptors (Lipinski definition) is 4. The van der Waals surface area contributed by atoms with E-state index in [-0.39, 0.29) is 5.28 Å². The largest absolute Gasteiger partial charge is 0.336 e. The smallest absolute Gasteiger partial charge is 0.224 e. The van der Waals surface area contributed by atoms with Crippen molar-refractivity contribution in [1.29, 1.82) is 0 Å². The standard InChI is InChI=1S/C12H13BrClN5/c1-4-8-5-6-18(2)11(8)19(3)17-10-9(13)7-15-12(14)16-10/h4-7H,1H2,2-3H3,(H,15,16,17). The number of anilines is 2. The Labute approximate surface area is 125 Å². The van der Waals surface area contributed by atoms with Gasteiger partial charge in [0.2, 0.25) is 5.28 Å². The molecule has 0 aromatic carbocycles. The van der Waals surface area contributed by atoms with Crippen LogP contribution >= 0.6 is 27.5 Å². The fraction of sp³-hybridized carbons (Fsp3) is 0.167. The van der Waals surface area contributed by atoms with Gasteiger partial charge in [-0.15, -0.1) is 0 Å². The molecule has 5 nitrogen and oxygen atoms in total. The SMILES string of the molecule is C=Cc1ccn(C)c1N(C)Nc1nc(Cl)ncc1Br. The molecule has 0 saturated carbocycles. The summed E-state index contributed by atoms with van der Waals surface area (Å²) in [5.74, 6) is 1.57. The van der Waals surface area contributed by atoms with Crippen molar-refractivity contribution in [2.45, 2.75) is 0 Å². The maximum Gasteiger partial charge on any atom is 0.224 e. The van der Waals surface area contributed by atoms with Crippen molar-refractivity contribution in [1.82, 2.24) is 14.5 Å². The Balaban J connectivity index is 2.30. The summed E-state index contributed by atoms with van der Waals surface area (Å²) in [5.41, 5.74) is 4.17. The number of hydrogen-bond donors (Lipinski definition) is 1. The Bertz CT molecular complexity index is 610. The Morgan fingerprint density at radius 1 is 1.58 bits per heavy atom. The molecule has 0 aliphatic carbocycles. The Morgan fingerprint density at radius 3 is 3.00 bits per heavy atom. The van der Waals surface area contributed by atoms with E-state index in [0.717, 1.165) is 15.9 Å². The molecule has 0 aliphatic heterocycles. The van der Waals surface area contributed by atoms with E-state index in [9.17, 15) is 0 Å². The number of aromatic nitrogens is 3. The van der Waals surface area contributed by atoms with Gasteiger partial charge in [0.05, 0.1) is 4.47 Å². The summed E-state index contributed by atoms with van der Waals surface area (Å²) in [4.78, 5) is 8.02. The Morgan fingerprint density at radius 2 is 2.32 bits per heavy atom. The summed E-state index contributed by atoms with van der Waals surface area (Å²) < 4.78 is 2.72. The monoisotopic (exact) mass is 341 g/mol. The average Bonchev–Trinajstić information content (AvgIpc) is 2.75. The van der Waals surface area contributed by atoms with E-state index in [1.165, 1.54) is 0 Å². The van der Waals surface area contributed by atoms with Gasteiger partial charge in [-0.2, -0.15) is 4.98 Å². The van der Waals surface area contributed by atoms with Crippen LogP contribution in [0.5, 0.6) is 0 Å². The highest BCUT2D eigenvalue weighted by Gasteiger charge is 2.12. The summed E-state index contributed by atoms with van der Waals surface area (Å²) in [7, 11) is 3.85. The van der Waals surface area contributed by atoms with Gasteiger partial charge in [-0.3, -0.25) is 10.4 Å². The lowest BCUT2D eigenvalue weighted by molar-refractivity contribution is 0.874. The van der Waals surface area contributed by atoms with Gasteiger partial charge in [0.25, 0.3) is 0 Å². The average molecular weight is 343 g/mol. The first kappa shape index (κ1) is 13.9. The zero-order valence-corrected chi connectivity index (χ0v) is 12.9. The maximum absolute atomic E-state index is 5.79. The molecular weight excluding hydrogens is 330 g/mol. The van der Waals surface area contributed by atoms with Gasteiger partial charge in [-0.05, 0) is 33.6 Å². The molecule has 2 aromatic heterocycles. The van der Waals surface area contributed by atoms with Crippen molar-refractivity contribution >= 4 is 45.2 Å². The lowest BCUT2D eigenvalue weighted by Gasteiger charge is -2.23. The molecule has 0 bridgehead atoms. The highest BCUT2D eigenvalue weighted by atomic mass is 79.9. The molecule has 0 amide bonds. The number of halogens is 2. The third kappa shape index (κ3) is 2.90. The van der Waals surface area contributed by atoms with Gasteiger partial charge in [-0.1, -0.05) is 12.7 Å². The minimum Gasteiger partial charge on any atom is -0.336 e. The third-order valence-electron chi connectivity index (χ3n) is 2.60. The minimum absolute atomic E-state index is 0.190. The van der Waals surface area contributed by atoms with Gasteiger partial charge in [0, 0.05) is 32.1 Å². The van der Waals surface area contributed by atoms with Crippen molar-refractivity contribution in [2.75, 3.05) is 17.5 Å². The first-order valence-electron chi connectivity index (χ1n) is 5.49. The molecule has 0 saturated heterocycles. The van der Waals surface area contributed by atoms with Crippen LogP contribution in [0.4, 0.5) is 11.6 Å². The van der Waals surface area contributed by atoms with Crippen LogP contribution < -0.4 is 10.4 Å². The molecule has 0 aliphatic rings. The summed E-state index contributed by atoms with van der Waals surface area (Å²) in [5, 5.41) is 2.04. The van der Waals surface area contributed by atoms with Crippen LogP contribution in [-0.2, 0) is 7.05 Å². The molecular formula is C12H13BrClN5. The van der Waals surface area contributed by atoms with E-state index in [1.807, 2.05) is 35.9 Å². The first-order valence-corrected chi connectivity index (χ1v) is 6.66. The molecule has 2 rings (SSSR count). The second-order valence-corrected chi connectivity index (χ2v) is 5.11. The normalized spacial score (nSPS) is 10.3. The molecule has 7 heteroatoms. The van der Waals surface area contributed by atoms with Crippen LogP contribution in [0.1, 0.15) is 5.56 Å². The molecule has 0 unspecified atom stereocenters. The van der Waals surface area contributed by atoms with Crippen LogP contribution in [-0.4, -0.2) is 21.6 Å². The fourth-order valence-electron chi connectivity index (χ4n) is 1.77. The van der Waals surface area contributed by atoms with Crippen LogP contribution in [0, 0.1) is 0 Å². The summed E-state index contributed by atoms with van der Waals surface area (Å²) in [6.45, 7) is 3.80. The number of nitrogens with zero attached hydrogens (tertiary/aromatic N) is 4. The van der Waals surface area contributed by atoms with Crippen LogP contribution in [0.15, 0.2) is 29.5 Å². The van der Waals surface area contributed by atoms with Gasteiger partial charge in [0.15, 0.2) is 5.82 Å². The van der Waals surface area contributed by atoms with E-state index in [4.69, 9.17) is 11.6 Å². The Kier molecular flexibility index (Phi) is 4.11. The topological polar surface area (TPSA) is 46.0 Å². The van der Waals surface area contributed by atoms with E-state index in [0.29, 0.717) is 5.82 Å². The molecule has 0 atom stereocenters. The van der Waals surface area contributed by atoms with Crippen molar-refractivity contribution < 1.29 is 0 Å². The number of aryl methyl sites for hydroxylation is 1. The summed E-state index contributed by atoms with van der Waals surface area (Å²) in [6, 6.07) is 1.99. The van der Waals surface area contributed by atoms with Crippen molar-refractivity contribution in [3.8, 4) is 0 Å². The number of nitrogens with one attached hydrogen (secondary N) is 1. The number of rotatable bonds is 4. The van der Waals surface area contributed by atoms with Crippen LogP contribution in [0.3, 0.4) is 0 Å². The van der Waals surface area contributed by atoms with E-state index in [1.54, 1.807) is 12.3 Å².